The van der Waals surface area contributed by atoms with E-state index in [0.717, 1.165) is 11.3 Å². The molecule has 0 radical (unpaired) electrons. The van der Waals surface area contributed by atoms with Crippen molar-refractivity contribution in [2.45, 2.75) is 32.6 Å². The average Bonchev–Trinajstić information content (AvgIpc) is 2.73. The number of alkyl halides is 1. The lowest BCUT2D eigenvalue weighted by Gasteiger charge is -2.13. The van der Waals surface area contributed by atoms with Crippen molar-refractivity contribution in [3.05, 3.63) is 47.3 Å². The van der Waals surface area contributed by atoms with Crippen molar-refractivity contribution in [3.63, 3.8) is 0 Å². The Labute approximate surface area is 107 Å². The van der Waals surface area contributed by atoms with Crippen LogP contribution in [0.1, 0.15) is 36.6 Å². The molecule has 0 amide bonds. The third kappa shape index (κ3) is 2.22. The monoisotopic (exact) mass is 248 g/mol. The molecule has 1 heterocycles. The van der Waals surface area contributed by atoms with Crippen LogP contribution in [0.15, 0.2) is 30.5 Å². The zero-order valence-corrected chi connectivity index (χ0v) is 11.2. The fourth-order valence-electron chi connectivity index (χ4n) is 2.10. The molecule has 17 heavy (non-hydrogen) atoms. The molecular weight excluding hydrogens is 232 g/mol. The number of para-hydroxylation sites is 1. The largest absolute Gasteiger partial charge is 0.237 e. The van der Waals surface area contributed by atoms with Gasteiger partial charge in [-0.3, -0.25) is 0 Å². The Morgan fingerprint density at radius 1 is 1.29 bits per heavy atom. The highest BCUT2D eigenvalue weighted by atomic mass is 35.5. The first kappa shape index (κ1) is 12.2. The van der Waals surface area contributed by atoms with Crippen LogP contribution in [0, 0.1) is 6.92 Å². The van der Waals surface area contributed by atoms with E-state index >= 15 is 0 Å². The van der Waals surface area contributed by atoms with Crippen molar-refractivity contribution in [1.29, 1.82) is 0 Å². The summed E-state index contributed by atoms with van der Waals surface area (Å²) in [6.07, 6.45) is 1.87. The molecule has 0 aliphatic heterocycles. The van der Waals surface area contributed by atoms with E-state index in [2.05, 4.69) is 38.0 Å². The molecule has 0 fully saturated rings. The fourth-order valence-corrected chi connectivity index (χ4v) is 2.31. The second-order valence-electron chi connectivity index (χ2n) is 4.54. The van der Waals surface area contributed by atoms with Gasteiger partial charge in [-0.15, -0.1) is 11.6 Å². The molecule has 0 atom stereocenters. The van der Waals surface area contributed by atoms with Gasteiger partial charge in [0.05, 0.1) is 23.5 Å². The number of aromatic nitrogens is 2. The van der Waals surface area contributed by atoms with Crippen LogP contribution in [0.4, 0.5) is 0 Å². The number of halogens is 1. The molecule has 0 saturated heterocycles. The van der Waals surface area contributed by atoms with Crippen molar-refractivity contribution >= 4 is 11.6 Å². The summed E-state index contributed by atoms with van der Waals surface area (Å²) < 4.78 is 2.01. The molecule has 0 spiro atoms. The summed E-state index contributed by atoms with van der Waals surface area (Å²) in [6, 6.07) is 8.27. The topological polar surface area (TPSA) is 17.8 Å². The Morgan fingerprint density at radius 2 is 2.00 bits per heavy atom. The standard InChI is InChI=1S/C14H17ClN2/c1-10(2)14-12(8-15)9-16-17(14)13-7-5-4-6-11(13)3/h4-7,9-10H,8H2,1-3H3. The summed E-state index contributed by atoms with van der Waals surface area (Å²) in [4.78, 5) is 0. The molecule has 0 aliphatic rings. The molecule has 2 rings (SSSR count). The molecule has 0 bridgehead atoms. The van der Waals surface area contributed by atoms with Gasteiger partial charge in [-0.25, -0.2) is 4.68 Å². The summed E-state index contributed by atoms with van der Waals surface area (Å²) in [5.41, 5.74) is 4.67. The van der Waals surface area contributed by atoms with Crippen molar-refractivity contribution in [1.82, 2.24) is 9.78 Å². The van der Waals surface area contributed by atoms with Crippen LogP contribution >= 0.6 is 11.6 Å². The number of hydrogen-bond acceptors (Lipinski definition) is 1. The van der Waals surface area contributed by atoms with Gasteiger partial charge in [0.2, 0.25) is 0 Å². The zero-order chi connectivity index (χ0) is 12.4. The fraction of sp³-hybridized carbons (Fsp3) is 0.357. The van der Waals surface area contributed by atoms with Crippen LogP contribution < -0.4 is 0 Å². The molecule has 3 heteroatoms. The summed E-state index contributed by atoms with van der Waals surface area (Å²) >= 11 is 5.96. The van der Waals surface area contributed by atoms with E-state index in [0.29, 0.717) is 11.8 Å². The van der Waals surface area contributed by atoms with Crippen molar-refractivity contribution in [2.75, 3.05) is 0 Å². The van der Waals surface area contributed by atoms with E-state index in [1.54, 1.807) is 0 Å². The number of hydrogen-bond donors (Lipinski definition) is 0. The van der Waals surface area contributed by atoms with Gasteiger partial charge in [0.15, 0.2) is 0 Å². The molecule has 0 saturated carbocycles. The van der Waals surface area contributed by atoms with Crippen LogP contribution in [0.2, 0.25) is 0 Å². The first-order chi connectivity index (χ1) is 8.15. The van der Waals surface area contributed by atoms with Crippen LogP contribution in [-0.2, 0) is 5.88 Å². The lowest BCUT2D eigenvalue weighted by molar-refractivity contribution is 0.727. The Kier molecular flexibility index (Phi) is 3.53. The maximum atomic E-state index is 5.96. The Balaban J connectivity index is 2.60. The van der Waals surface area contributed by atoms with Crippen LogP contribution in [0.25, 0.3) is 5.69 Å². The number of nitrogens with zero attached hydrogens (tertiary/aromatic N) is 2. The van der Waals surface area contributed by atoms with Crippen LogP contribution in [0.5, 0.6) is 0 Å². The van der Waals surface area contributed by atoms with Gasteiger partial charge in [-0.1, -0.05) is 32.0 Å². The van der Waals surface area contributed by atoms with Crippen molar-refractivity contribution < 1.29 is 0 Å². The van der Waals surface area contributed by atoms with Crippen molar-refractivity contribution in [3.8, 4) is 5.69 Å². The predicted octanol–water partition coefficient (Wildman–Crippen LogP) is 4.04. The minimum Gasteiger partial charge on any atom is -0.237 e. The lowest BCUT2D eigenvalue weighted by atomic mass is 10.1. The van der Waals surface area contributed by atoms with E-state index in [1.807, 2.05) is 23.0 Å². The molecule has 1 aromatic carbocycles. The van der Waals surface area contributed by atoms with Crippen LogP contribution in [-0.4, -0.2) is 9.78 Å². The van der Waals surface area contributed by atoms with Gasteiger partial charge in [0.25, 0.3) is 0 Å². The molecular formula is C14H17ClN2. The first-order valence-corrected chi connectivity index (χ1v) is 6.37. The van der Waals surface area contributed by atoms with E-state index in [9.17, 15) is 0 Å². The Hall–Kier alpha value is -1.28. The second kappa shape index (κ2) is 4.92. The summed E-state index contributed by atoms with van der Waals surface area (Å²) in [6.45, 7) is 6.44. The second-order valence-corrected chi connectivity index (χ2v) is 4.81. The van der Waals surface area contributed by atoms with Gasteiger partial charge >= 0.3 is 0 Å². The molecule has 2 aromatic rings. The molecule has 90 valence electrons. The SMILES string of the molecule is Cc1ccccc1-n1ncc(CCl)c1C(C)C. The highest BCUT2D eigenvalue weighted by Crippen LogP contribution is 2.25. The number of rotatable bonds is 3. The first-order valence-electron chi connectivity index (χ1n) is 5.84. The predicted molar refractivity (Wildman–Crippen MR) is 71.9 cm³/mol. The zero-order valence-electron chi connectivity index (χ0n) is 10.4. The minimum atomic E-state index is 0.408. The highest BCUT2D eigenvalue weighted by Gasteiger charge is 2.15. The van der Waals surface area contributed by atoms with E-state index in [-0.39, 0.29) is 0 Å². The molecule has 0 aliphatic carbocycles. The normalized spacial score (nSPS) is 11.1. The van der Waals surface area contributed by atoms with E-state index in [1.165, 1.54) is 11.3 Å². The average molecular weight is 249 g/mol. The highest BCUT2D eigenvalue weighted by molar-refractivity contribution is 6.17. The quantitative estimate of drug-likeness (QED) is 0.750. The maximum Gasteiger partial charge on any atom is 0.0678 e. The summed E-state index contributed by atoms with van der Waals surface area (Å²) in [5.74, 6) is 0.921. The third-order valence-corrected chi connectivity index (χ3v) is 3.21. The lowest BCUT2D eigenvalue weighted by Crippen LogP contribution is -2.06. The molecule has 1 aromatic heterocycles. The number of benzene rings is 1. The Bertz CT molecular complexity index is 515. The smallest absolute Gasteiger partial charge is 0.0678 e. The third-order valence-electron chi connectivity index (χ3n) is 2.92. The molecule has 2 nitrogen and oxygen atoms in total. The molecule has 0 N–H and O–H groups in total. The Morgan fingerprint density at radius 3 is 2.59 bits per heavy atom. The van der Waals surface area contributed by atoms with Crippen molar-refractivity contribution in [2.24, 2.45) is 0 Å². The van der Waals surface area contributed by atoms with Crippen LogP contribution in [0.3, 0.4) is 0 Å². The number of aryl methyl sites for hydroxylation is 1. The van der Waals surface area contributed by atoms with Gasteiger partial charge in [0, 0.05) is 5.56 Å². The summed E-state index contributed by atoms with van der Waals surface area (Å²) in [5, 5.41) is 4.47. The maximum absolute atomic E-state index is 5.96. The van der Waals surface area contributed by atoms with Gasteiger partial charge in [-0.2, -0.15) is 5.10 Å². The minimum absolute atomic E-state index is 0.408. The van der Waals surface area contributed by atoms with Gasteiger partial charge in [-0.05, 0) is 24.5 Å². The van der Waals surface area contributed by atoms with Gasteiger partial charge in [0.1, 0.15) is 0 Å². The van der Waals surface area contributed by atoms with E-state index in [4.69, 9.17) is 11.6 Å². The van der Waals surface area contributed by atoms with E-state index < -0.39 is 0 Å². The van der Waals surface area contributed by atoms with Gasteiger partial charge < -0.3 is 0 Å². The molecule has 0 unspecified atom stereocenters. The summed E-state index contributed by atoms with van der Waals surface area (Å²) in [7, 11) is 0.